The van der Waals surface area contributed by atoms with E-state index in [1.807, 2.05) is 22.8 Å². The van der Waals surface area contributed by atoms with Gasteiger partial charge in [0.25, 0.3) is 0 Å². The van der Waals surface area contributed by atoms with Gasteiger partial charge >= 0.3 is 5.97 Å². The highest BCUT2D eigenvalue weighted by Crippen LogP contribution is 2.38. The fourth-order valence-corrected chi connectivity index (χ4v) is 4.39. The van der Waals surface area contributed by atoms with Gasteiger partial charge in [0.2, 0.25) is 0 Å². The number of esters is 1. The Balaban J connectivity index is 1.57. The van der Waals surface area contributed by atoms with E-state index in [9.17, 15) is 4.79 Å². The second-order valence-electron chi connectivity index (χ2n) is 7.58. The second-order valence-corrected chi connectivity index (χ2v) is 7.58. The molecule has 0 unspecified atom stereocenters. The third-order valence-electron chi connectivity index (χ3n) is 5.94. The molecule has 29 heavy (non-hydrogen) atoms. The molecule has 3 N–H and O–H groups in total. The maximum absolute atomic E-state index is 11.9. The predicted octanol–water partition coefficient (Wildman–Crippen LogP) is 3.30. The van der Waals surface area contributed by atoms with Gasteiger partial charge in [-0.15, -0.1) is 0 Å². The van der Waals surface area contributed by atoms with Gasteiger partial charge in [-0.25, -0.2) is 14.5 Å². The molecular weight excluding hydrogens is 368 g/mol. The van der Waals surface area contributed by atoms with Crippen LogP contribution in [0, 0.1) is 5.92 Å². The molecule has 5 rings (SSSR count). The summed E-state index contributed by atoms with van der Waals surface area (Å²) in [5, 5.41) is 5.59. The predicted molar refractivity (Wildman–Crippen MR) is 109 cm³/mol. The van der Waals surface area contributed by atoms with Gasteiger partial charge in [-0.3, -0.25) is 4.79 Å². The van der Waals surface area contributed by atoms with Crippen molar-refractivity contribution < 1.29 is 9.53 Å². The molecule has 1 fully saturated rings. The Kier molecular flexibility index (Phi) is 4.19. The van der Waals surface area contributed by atoms with Crippen molar-refractivity contribution in [2.45, 2.75) is 31.6 Å². The molecule has 0 radical (unpaired) electrons. The first-order valence-corrected chi connectivity index (χ1v) is 9.80. The topological polar surface area (TPSA) is 111 Å². The summed E-state index contributed by atoms with van der Waals surface area (Å²) in [4.78, 5) is 24.3. The lowest BCUT2D eigenvalue weighted by molar-refractivity contribution is -0.146. The van der Waals surface area contributed by atoms with Crippen LogP contribution >= 0.6 is 0 Å². The van der Waals surface area contributed by atoms with Crippen molar-refractivity contribution >= 4 is 28.2 Å². The summed E-state index contributed by atoms with van der Waals surface area (Å²) in [6.07, 6.45) is 6.68. The SMILES string of the molecule is COC(=O)C1CCC(c2nc(-c3ccc4cc[nH]c4c3)c3c(N)ncnn23)CC1. The molecule has 4 aromatic rings. The number of carbonyl (C=O) groups is 1. The maximum Gasteiger partial charge on any atom is 0.308 e. The number of ether oxygens (including phenoxy) is 1. The summed E-state index contributed by atoms with van der Waals surface area (Å²) in [6, 6.07) is 8.21. The van der Waals surface area contributed by atoms with E-state index in [1.54, 1.807) is 0 Å². The molecule has 8 heteroatoms. The van der Waals surface area contributed by atoms with Crippen LogP contribution in [0.25, 0.3) is 27.7 Å². The number of carbonyl (C=O) groups excluding carboxylic acids is 1. The first-order valence-electron chi connectivity index (χ1n) is 9.80. The number of hydrogen-bond acceptors (Lipinski definition) is 6. The Hall–Kier alpha value is -3.42. The van der Waals surface area contributed by atoms with E-state index in [0.29, 0.717) is 5.82 Å². The number of fused-ring (bicyclic) bond motifs is 2. The number of aromatic amines is 1. The zero-order valence-electron chi connectivity index (χ0n) is 16.1. The van der Waals surface area contributed by atoms with Crippen LogP contribution in [0.4, 0.5) is 5.82 Å². The number of nitrogens with two attached hydrogens (primary N) is 1. The summed E-state index contributed by atoms with van der Waals surface area (Å²) in [6.45, 7) is 0. The van der Waals surface area contributed by atoms with Gasteiger partial charge in [0.05, 0.1) is 13.0 Å². The maximum atomic E-state index is 11.9. The lowest BCUT2D eigenvalue weighted by Gasteiger charge is -2.25. The first kappa shape index (κ1) is 17.7. The monoisotopic (exact) mass is 390 g/mol. The number of nitrogens with one attached hydrogen (secondary N) is 1. The average molecular weight is 390 g/mol. The zero-order chi connectivity index (χ0) is 20.0. The average Bonchev–Trinajstić information content (AvgIpc) is 3.38. The number of methoxy groups -OCH3 is 1. The minimum atomic E-state index is -0.122. The van der Waals surface area contributed by atoms with Crippen molar-refractivity contribution in [2.75, 3.05) is 12.8 Å². The van der Waals surface area contributed by atoms with Crippen LogP contribution in [0.5, 0.6) is 0 Å². The number of nitrogens with zero attached hydrogens (tertiary/aromatic N) is 4. The Morgan fingerprint density at radius 1 is 1.24 bits per heavy atom. The largest absolute Gasteiger partial charge is 0.469 e. The highest BCUT2D eigenvalue weighted by atomic mass is 16.5. The quantitative estimate of drug-likeness (QED) is 0.519. The Morgan fingerprint density at radius 2 is 2.07 bits per heavy atom. The van der Waals surface area contributed by atoms with Gasteiger partial charge in [-0.2, -0.15) is 5.10 Å². The van der Waals surface area contributed by atoms with Crippen LogP contribution in [0.1, 0.15) is 37.4 Å². The Bertz CT molecular complexity index is 1200. The van der Waals surface area contributed by atoms with Gasteiger partial charge in [0, 0.05) is 23.2 Å². The van der Waals surface area contributed by atoms with Gasteiger partial charge in [0.1, 0.15) is 23.4 Å². The number of anilines is 1. The summed E-state index contributed by atoms with van der Waals surface area (Å²) >= 11 is 0. The Labute approximate surface area is 167 Å². The summed E-state index contributed by atoms with van der Waals surface area (Å²) < 4.78 is 6.73. The van der Waals surface area contributed by atoms with E-state index >= 15 is 0 Å². The molecule has 1 aromatic carbocycles. The van der Waals surface area contributed by atoms with Crippen molar-refractivity contribution in [3.63, 3.8) is 0 Å². The van der Waals surface area contributed by atoms with E-state index in [-0.39, 0.29) is 17.8 Å². The molecule has 0 saturated heterocycles. The third-order valence-corrected chi connectivity index (χ3v) is 5.94. The lowest BCUT2D eigenvalue weighted by Crippen LogP contribution is -2.23. The zero-order valence-corrected chi connectivity index (χ0v) is 16.1. The Morgan fingerprint density at radius 3 is 2.86 bits per heavy atom. The van der Waals surface area contributed by atoms with Crippen LogP contribution in [-0.2, 0) is 9.53 Å². The van der Waals surface area contributed by atoms with Crippen LogP contribution in [-0.4, -0.2) is 37.6 Å². The minimum Gasteiger partial charge on any atom is -0.469 e. The van der Waals surface area contributed by atoms with E-state index < -0.39 is 0 Å². The standard InChI is InChI=1S/C21H22N6O2/c1-29-21(28)14-5-3-13(4-6-14)20-26-17(18-19(22)24-11-25-27(18)20)15-7-2-12-8-9-23-16(12)10-15/h2,7-11,13-14,23H,3-6H2,1H3,(H2,22,24,25). The van der Waals surface area contributed by atoms with Gasteiger partial charge in [-0.1, -0.05) is 12.1 Å². The molecule has 0 bridgehead atoms. The normalized spacial score (nSPS) is 19.6. The minimum absolute atomic E-state index is 0.0306. The molecular formula is C21H22N6O2. The van der Waals surface area contributed by atoms with Crippen molar-refractivity contribution in [3.05, 3.63) is 42.6 Å². The molecule has 1 aliphatic carbocycles. The molecule has 1 saturated carbocycles. The van der Waals surface area contributed by atoms with E-state index in [0.717, 1.165) is 59.2 Å². The van der Waals surface area contributed by atoms with Crippen LogP contribution in [0.2, 0.25) is 0 Å². The molecule has 3 aromatic heterocycles. The first-order chi connectivity index (χ1) is 14.2. The number of benzene rings is 1. The van der Waals surface area contributed by atoms with Crippen LogP contribution < -0.4 is 5.73 Å². The fraction of sp³-hybridized carbons (Fsp3) is 0.333. The summed E-state index contributed by atoms with van der Waals surface area (Å²) in [5.74, 6) is 1.34. The smallest absolute Gasteiger partial charge is 0.308 e. The van der Waals surface area contributed by atoms with Gasteiger partial charge in [0.15, 0.2) is 5.82 Å². The lowest BCUT2D eigenvalue weighted by atomic mass is 9.81. The molecule has 0 atom stereocenters. The number of rotatable bonds is 3. The number of H-pyrrole nitrogens is 1. The van der Waals surface area contributed by atoms with Crippen LogP contribution in [0.3, 0.4) is 0 Å². The molecule has 0 aliphatic heterocycles. The molecule has 0 spiro atoms. The molecule has 0 amide bonds. The summed E-state index contributed by atoms with van der Waals surface area (Å²) in [7, 11) is 1.45. The van der Waals surface area contributed by atoms with Crippen LogP contribution in [0.15, 0.2) is 36.8 Å². The fourth-order valence-electron chi connectivity index (χ4n) is 4.39. The number of hydrogen-bond donors (Lipinski definition) is 2. The van der Waals surface area contributed by atoms with Crippen molar-refractivity contribution in [1.82, 2.24) is 24.6 Å². The van der Waals surface area contributed by atoms with E-state index in [2.05, 4.69) is 27.2 Å². The molecule has 8 nitrogen and oxygen atoms in total. The highest BCUT2D eigenvalue weighted by Gasteiger charge is 2.31. The number of aromatic nitrogens is 5. The number of nitrogen functional groups attached to an aromatic ring is 1. The highest BCUT2D eigenvalue weighted by molar-refractivity contribution is 5.90. The van der Waals surface area contributed by atoms with Crippen molar-refractivity contribution in [3.8, 4) is 11.3 Å². The van der Waals surface area contributed by atoms with Crippen molar-refractivity contribution in [2.24, 2.45) is 5.92 Å². The molecule has 3 heterocycles. The van der Waals surface area contributed by atoms with Gasteiger partial charge in [-0.05, 0) is 43.2 Å². The number of imidazole rings is 1. The van der Waals surface area contributed by atoms with Crippen molar-refractivity contribution in [1.29, 1.82) is 0 Å². The summed E-state index contributed by atoms with van der Waals surface area (Å²) in [5.41, 5.74) is 9.74. The van der Waals surface area contributed by atoms with E-state index in [4.69, 9.17) is 15.5 Å². The third kappa shape index (κ3) is 2.91. The second kappa shape index (κ2) is 6.88. The molecule has 1 aliphatic rings. The van der Waals surface area contributed by atoms with Gasteiger partial charge < -0.3 is 15.5 Å². The molecule has 148 valence electrons. The van der Waals surface area contributed by atoms with E-state index in [1.165, 1.54) is 13.4 Å².